The van der Waals surface area contributed by atoms with Crippen molar-refractivity contribution in [3.63, 3.8) is 0 Å². The molecule has 0 aromatic carbocycles. The van der Waals surface area contributed by atoms with Gasteiger partial charge in [-0.2, -0.15) is 0 Å². The summed E-state index contributed by atoms with van der Waals surface area (Å²) in [6.45, 7) is 5.07. The normalized spacial score (nSPS) is 12.5. The fourth-order valence-electron chi connectivity index (χ4n) is 0.863. The fraction of sp³-hybridized carbons (Fsp3) is 0.900. The Morgan fingerprint density at radius 3 is 2.64 bits per heavy atom. The molecule has 1 atom stereocenters. The minimum absolute atomic E-state index is 0.0506. The SMILES string of the molecule is CCCCOCCOC(=O)CC(C)O. The molecule has 4 nitrogen and oxygen atoms in total. The standard InChI is InChI=1S/C10H20O4/c1-3-4-5-13-6-7-14-10(12)8-9(2)11/h9,11H,3-8H2,1-2H3. The van der Waals surface area contributed by atoms with Crippen LogP contribution in [0.25, 0.3) is 0 Å². The van der Waals surface area contributed by atoms with Crippen LogP contribution < -0.4 is 0 Å². The zero-order valence-corrected chi connectivity index (χ0v) is 8.99. The third-order valence-corrected chi connectivity index (χ3v) is 1.60. The van der Waals surface area contributed by atoms with Crippen LogP contribution in [0.5, 0.6) is 0 Å². The van der Waals surface area contributed by atoms with Gasteiger partial charge in [0, 0.05) is 6.61 Å². The molecular weight excluding hydrogens is 184 g/mol. The van der Waals surface area contributed by atoms with Crippen LogP contribution >= 0.6 is 0 Å². The van der Waals surface area contributed by atoms with Crippen LogP contribution in [-0.2, 0) is 14.3 Å². The summed E-state index contributed by atoms with van der Waals surface area (Å²) in [7, 11) is 0. The molecule has 0 aliphatic rings. The highest BCUT2D eigenvalue weighted by atomic mass is 16.6. The molecular formula is C10H20O4. The number of hydrogen-bond donors (Lipinski definition) is 1. The van der Waals surface area contributed by atoms with Crippen molar-refractivity contribution in [2.75, 3.05) is 19.8 Å². The lowest BCUT2D eigenvalue weighted by Crippen LogP contribution is -2.15. The number of aliphatic hydroxyl groups excluding tert-OH is 1. The van der Waals surface area contributed by atoms with Crippen molar-refractivity contribution in [2.24, 2.45) is 0 Å². The average Bonchev–Trinajstić information content (AvgIpc) is 2.10. The number of carbonyl (C=O) groups is 1. The van der Waals surface area contributed by atoms with Gasteiger partial charge < -0.3 is 14.6 Å². The summed E-state index contributed by atoms with van der Waals surface area (Å²) >= 11 is 0. The molecule has 0 amide bonds. The Kier molecular flexibility index (Phi) is 8.57. The molecule has 14 heavy (non-hydrogen) atoms. The van der Waals surface area contributed by atoms with Crippen molar-refractivity contribution in [3.8, 4) is 0 Å². The third-order valence-electron chi connectivity index (χ3n) is 1.60. The van der Waals surface area contributed by atoms with E-state index in [-0.39, 0.29) is 19.0 Å². The second-order valence-electron chi connectivity index (χ2n) is 3.24. The van der Waals surface area contributed by atoms with Crippen LogP contribution in [0.2, 0.25) is 0 Å². The monoisotopic (exact) mass is 204 g/mol. The molecule has 0 aromatic heterocycles. The largest absolute Gasteiger partial charge is 0.463 e. The van der Waals surface area contributed by atoms with Gasteiger partial charge in [-0.3, -0.25) is 4.79 Å². The van der Waals surface area contributed by atoms with E-state index >= 15 is 0 Å². The molecule has 0 rings (SSSR count). The molecule has 0 saturated carbocycles. The van der Waals surface area contributed by atoms with E-state index in [4.69, 9.17) is 14.6 Å². The first-order valence-corrected chi connectivity index (χ1v) is 5.08. The van der Waals surface area contributed by atoms with Crippen molar-refractivity contribution in [1.82, 2.24) is 0 Å². The van der Waals surface area contributed by atoms with Gasteiger partial charge in [0.25, 0.3) is 0 Å². The lowest BCUT2D eigenvalue weighted by molar-refractivity contribution is -0.147. The van der Waals surface area contributed by atoms with Gasteiger partial charge in [-0.1, -0.05) is 13.3 Å². The second kappa shape index (κ2) is 8.97. The first kappa shape index (κ1) is 13.4. The van der Waals surface area contributed by atoms with Crippen LogP contribution in [0.15, 0.2) is 0 Å². The van der Waals surface area contributed by atoms with Crippen molar-refractivity contribution >= 4 is 5.97 Å². The summed E-state index contributed by atoms with van der Waals surface area (Å²) in [5.74, 6) is -0.376. The van der Waals surface area contributed by atoms with Crippen molar-refractivity contribution in [2.45, 2.75) is 39.2 Å². The minimum Gasteiger partial charge on any atom is -0.463 e. The van der Waals surface area contributed by atoms with E-state index in [1.165, 1.54) is 0 Å². The number of unbranched alkanes of at least 4 members (excludes halogenated alkanes) is 1. The highest BCUT2D eigenvalue weighted by molar-refractivity contribution is 5.69. The summed E-state index contributed by atoms with van der Waals surface area (Å²) in [4.78, 5) is 10.9. The Labute approximate surface area is 85.2 Å². The van der Waals surface area contributed by atoms with Crippen molar-refractivity contribution < 1.29 is 19.4 Å². The Morgan fingerprint density at radius 1 is 1.36 bits per heavy atom. The summed E-state index contributed by atoms with van der Waals surface area (Å²) in [6, 6.07) is 0. The molecule has 0 bridgehead atoms. The van der Waals surface area contributed by atoms with Crippen LogP contribution in [0.1, 0.15) is 33.1 Å². The molecule has 1 N–H and O–H groups in total. The van der Waals surface area contributed by atoms with E-state index in [1.54, 1.807) is 6.92 Å². The summed E-state index contributed by atoms with van der Waals surface area (Å²) in [5, 5.41) is 8.86. The Bertz CT molecular complexity index is 145. The Balaban J connectivity index is 3.15. The molecule has 84 valence electrons. The maximum absolute atomic E-state index is 10.9. The van der Waals surface area contributed by atoms with Gasteiger partial charge in [-0.05, 0) is 13.3 Å². The summed E-state index contributed by atoms with van der Waals surface area (Å²) < 4.78 is 10.00. The van der Waals surface area contributed by atoms with Crippen LogP contribution in [0, 0.1) is 0 Å². The van der Waals surface area contributed by atoms with E-state index in [1.807, 2.05) is 0 Å². The van der Waals surface area contributed by atoms with Gasteiger partial charge in [0.15, 0.2) is 0 Å². The number of esters is 1. The molecule has 0 radical (unpaired) electrons. The molecule has 0 aliphatic heterocycles. The minimum atomic E-state index is -0.636. The topological polar surface area (TPSA) is 55.8 Å². The zero-order chi connectivity index (χ0) is 10.8. The number of ether oxygens (including phenoxy) is 2. The third kappa shape index (κ3) is 9.48. The summed E-state index contributed by atoms with van der Waals surface area (Å²) in [6.07, 6.45) is 1.54. The maximum Gasteiger partial charge on any atom is 0.308 e. The molecule has 1 unspecified atom stereocenters. The predicted octanol–water partition coefficient (Wildman–Crippen LogP) is 1.12. The van der Waals surface area contributed by atoms with Gasteiger partial charge >= 0.3 is 5.97 Å². The molecule has 0 heterocycles. The van der Waals surface area contributed by atoms with Gasteiger partial charge in [0.1, 0.15) is 6.61 Å². The smallest absolute Gasteiger partial charge is 0.308 e. The zero-order valence-electron chi connectivity index (χ0n) is 8.99. The summed E-state index contributed by atoms with van der Waals surface area (Å²) in [5.41, 5.74) is 0. The van der Waals surface area contributed by atoms with Crippen LogP contribution in [0.3, 0.4) is 0 Å². The molecule has 0 spiro atoms. The first-order valence-electron chi connectivity index (χ1n) is 5.08. The van der Waals surface area contributed by atoms with Gasteiger partial charge in [-0.25, -0.2) is 0 Å². The number of carbonyl (C=O) groups excluding carboxylic acids is 1. The Hall–Kier alpha value is -0.610. The van der Waals surface area contributed by atoms with E-state index < -0.39 is 6.10 Å². The van der Waals surface area contributed by atoms with Gasteiger partial charge in [-0.15, -0.1) is 0 Å². The maximum atomic E-state index is 10.9. The van der Waals surface area contributed by atoms with Gasteiger partial charge in [0.2, 0.25) is 0 Å². The lowest BCUT2D eigenvalue weighted by Gasteiger charge is -2.06. The van der Waals surface area contributed by atoms with E-state index in [2.05, 4.69) is 6.92 Å². The first-order chi connectivity index (χ1) is 6.66. The van der Waals surface area contributed by atoms with E-state index in [0.29, 0.717) is 13.2 Å². The highest BCUT2D eigenvalue weighted by Crippen LogP contribution is 1.93. The van der Waals surface area contributed by atoms with Crippen molar-refractivity contribution in [3.05, 3.63) is 0 Å². The van der Waals surface area contributed by atoms with Crippen molar-refractivity contribution in [1.29, 1.82) is 0 Å². The van der Waals surface area contributed by atoms with Crippen LogP contribution in [-0.4, -0.2) is 37.0 Å². The van der Waals surface area contributed by atoms with Crippen LogP contribution in [0.4, 0.5) is 0 Å². The van der Waals surface area contributed by atoms with Gasteiger partial charge in [0.05, 0.1) is 19.1 Å². The second-order valence-corrected chi connectivity index (χ2v) is 3.24. The highest BCUT2D eigenvalue weighted by Gasteiger charge is 2.06. The van der Waals surface area contributed by atoms with E-state index in [9.17, 15) is 4.79 Å². The fourth-order valence-corrected chi connectivity index (χ4v) is 0.863. The molecule has 0 aromatic rings. The lowest BCUT2D eigenvalue weighted by atomic mass is 10.3. The number of rotatable bonds is 8. The predicted molar refractivity (Wildman–Crippen MR) is 53.0 cm³/mol. The van der Waals surface area contributed by atoms with E-state index in [0.717, 1.165) is 12.8 Å². The molecule has 0 saturated heterocycles. The molecule has 0 fully saturated rings. The molecule has 4 heteroatoms. The average molecular weight is 204 g/mol. The quantitative estimate of drug-likeness (QED) is 0.475. The molecule has 0 aliphatic carbocycles. The Morgan fingerprint density at radius 2 is 2.07 bits per heavy atom. The number of hydrogen-bond acceptors (Lipinski definition) is 4. The number of aliphatic hydroxyl groups is 1.